The van der Waals surface area contributed by atoms with Gasteiger partial charge >= 0.3 is 0 Å². The van der Waals surface area contributed by atoms with E-state index in [1.165, 1.54) is 19.4 Å². The van der Waals surface area contributed by atoms with Crippen LogP contribution >= 0.6 is 0 Å². The van der Waals surface area contributed by atoms with Crippen LogP contribution in [0.2, 0.25) is 0 Å². The van der Waals surface area contributed by atoms with Crippen molar-refractivity contribution in [2.75, 3.05) is 26.3 Å². The average molecular weight is 227 g/mol. The summed E-state index contributed by atoms with van der Waals surface area (Å²) in [6.07, 6.45) is 3.30. The molecular weight excluding hydrogens is 202 g/mol. The van der Waals surface area contributed by atoms with Gasteiger partial charge in [-0.25, -0.2) is 0 Å². The van der Waals surface area contributed by atoms with Crippen LogP contribution in [0.1, 0.15) is 33.1 Å². The Morgan fingerprint density at radius 1 is 1.31 bits per heavy atom. The lowest BCUT2D eigenvalue weighted by Crippen LogP contribution is -2.48. The Kier molecular flexibility index (Phi) is 4.22. The van der Waals surface area contributed by atoms with Gasteiger partial charge in [-0.3, -0.25) is 4.90 Å². The van der Waals surface area contributed by atoms with E-state index in [0.717, 1.165) is 32.1 Å². The number of hydrogen-bond acceptors (Lipinski definition) is 3. The molecule has 0 aromatic carbocycles. The molecule has 0 bridgehead atoms. The molecule has 0 aromatic rings. The van der Waals surface area contributed by atoms with Crippen molar-refractivity contribution in [3.8, 4) is 0 Å². The largest absolute Gasteiger partial charge is 0.393 e. The second-order valence-electron chi connectivity index (χ2n) is 5.55. The van der Waals surface area contributed by atoms with Crippen molar-refractivity contribution in [3.63, 3.8) is 0 Å². The van der Waals surface area contributed by atoms with E-state index < -0.39 is 0 Å². The first-order valence-corrected chi connectivity index (χ1v) is 6.68. The Labute approximate surface area is 98.8 Å². The van der Waals surface area contributed by atoms with Crippen LogP contribution in [0.3, 0.4) is 0 Å². The molecule has 0 spiro atoms. The van der Waals surface area contributed by atoms with Crippen LogP contribution in [0.25, 0.3) is 0 Å². The third-order valence-electron chi connectivity index (χ3n) is 4.41. The lowest BCUT2D eigenvalue weighted by Gasteiger charge is -2.41. The summed E-state index contributed by atoms with van der Waals surface area (Å²) in [6, 6.07) is 0.655. The first-order valence-electron chi connectivity index (χ1n) is 6.68. The SMILES string of the molecule is CC1CCCN(CC2COCCC2O)C1C. The summed E-state index contributed by atoms with van der Waals surface area (Å²) in [5.74, 6) is 1.11. The molecule has 4 atom stereocenters. The molecule has 1 N–H and O–H groups in total. The number of nitrogens with zero attached hydrogens (tertiary/aromatic N) is 1. The highest BCUT2D eigenvalue weighted by molar-refractivity contribution is 4.83. The smallest absolute Gasteiger partial charge is 0.0624 e. The molecule has 2 heterocycles. The predicted octanol–water partition coefficient (Wildman–Crippen LogP) is 1.50. The van der Waals surface area contributed by atoms with Crippen LogP contribution in [-0.4, -0.2) is 48.5 Å². The molecule has 0 amide bonds. The van der Waals surface area contributed by atoms with Gasteiger partial charge in [-0.2, -0.15) is 0 Å². The van der Waals surface area contributed by atoms with Gasteiger partial charge in [-0.15, -0.1) is 0 Å². The lowest BCUT2D eigenvalue weighted by atomic mass is 9.90. The number of rotatable bonds is 2. The van der Waals surface area contributed by atoms with Gasteiger partial charge in [0, 0.05) is 25.1 Å². The Hall–Kier alpha value is -0.120. The fourth-order valence-corrected chi connectivity index (χ4v) is 2.94. The Balaban J connectivity index is 1.87. The lowest BCUT2D eigenvalue weighted by molar-refractivity contribution is -0.0554. The van der Waals surface area contributed by atoms with Crippen molar-refractivity contribution in [1.82, 2.24) is 4.90 Å². The third-order valence-corrected chi connectivity index (χ3v) is 4.41. The molecular formula is C13H25NO2. The van der Waals surface area contributed by atoms with Crippen molar-refractivity contribution in [2.45, 2.75) is 45.3 Å². The third kappa shape index (κ3) is 2.76. The Morgan fingerprint density at radius 2 is 2.12 bits per heavy atom. The van der Waals surface area contributed by atoms with E-state index in [0.29, 0.717) is 12.0 Å². The van der Waals surface area contributed by atoms with Crippen LogP contribution in [0.15, 0.2) is 0 Å². The van der Waals surface area contributed by atoms with Crippen molar-refractivity contribution < 1.29 is 9.84 Å². The van der Waals surface area contributed by atoms with Crippen molar-refractivity contribution in [1.29, 1.82) is 0 Å². The standard InChI is InChI=1S/C13H25NO2/c1-10-4-3-6-14(11(10)2)8-12-9-16-7-5-13(12)15/h10-13,15H,3-9H2,1-2H3. The number of aliphatic hydroxyl groups is 1. The van der Waals surface area contributed by atoms with E-state index in [1.807, 2.05) is 0 Å². The maximum absolute atomic E-state index is 9.95. The molecule has 0 aliphatic carbocycles. The number of ether oxygens (including phenoxy) is 1. The van der Waals surface area contributed by atoms with Crippen LogP contribution in [-0.2, 0) is 4.74 Å². The summed E-state index contributed by atoms with van der Waals surface area (Å²) in [4.78, 5) is 2.54. The molecule has 2 rings (SSSR count). The fraction of sp³-hybridized carbons (Fsp3) is 1.00. The van der Waals surface area contributed by atoms with E-state index in [-0.39, 0.29) is 6.10 Å². The van der Waals surface area contributed by atoms with E-state index in [1.54, 1.807) is 0 Å². The minimum absolute atomic E-state index is 0.154. The molecule has 0 saturated carbocycles. The van der Waals surface area contributed by atoms with Crippen LogP contribution in [0.4, 0.5) is 0 Å². The molecule has 2 fully saturated rings. The van der Waals surface area contributed by atoms with Gasteiger partial charge in [0.2, 0.25) is 0 Å². The molecule has 4 unspecified atom stereocenters. The highest BCUT2D eigenvalue weighted by atomic mass is 16.5. The van der Waals surface area contributed by atoms with Gasteiger partial charge in [-0.1, -0.05) is 6.92 Å². The second-order valence-corrected chi connectivity index (χ2v) is 5.55. The van der Waals surface area contributed by atoms with Gasteiger partial charge in [0.25, 0.3) is 0 Å². The monoisotopic (exact) mass is 227 g/mol. The summed E-state index contributed by atoms with van der Waals surface area (Å²) in [7, 11) is 0. The van der Waals surface area contributed by atoms with Gasteiger partial charge < -0.3 is 9.84 Å². The number of piperidine rings is 1. The molecule has 3 nitrogen and oxygen atoms in total. The maximum atomic E-state index is 9.95. The quantitative estimate of drug-likeness (QED) is 0.776. The first-order chi connectivity index (χ1) is 7.68. The van der Waals surface area contributed by atoms with Crippen molar-refractivity contribution >= 4 is 0 Å². The van der Waals surface area contributed by atoms with Crippen LogP contribution in [0.5, 0.6) is 0 Å². The van der Waals surface area contributed by atoms with E-state index in [2.05, 4.69) is 18.7 Å². The zero-order valence-corrected chi connectivity index (χ0v) is 10.6. The number of likely N-dealkylation sites (tertiary alicyclic amines) is 1. The van der Waals surface area contributed by atoms with Gasteiger partial charge in [0.15, 0.2) is 0 Å². The Morgan fingerprint density at radius 3 is 2.88 bits per heavy atom. The summed E-state index contributed by atoms with van der Waals surface area (Å²) < 4.78 is 5.47. The summed E-state index contributed by atoms with van der Waals surface area (Å²) in [5.41, 5.74) is 0. The summed E-state index contributed by atoms with van der Waals surface area (Å²) >= 11 is 0. The second kappa shape index (κ2) is 5.48. The van der Waals surface area contributed by atoms with Gasteiger partial charge in [0.1, 0.15) is 0 Å². The number of hydrogen-bond donors (Lipinski definition) is 1. The van der Waals surface area contributed by atoms with E-state index in [4.69, 9.17) is 4.74 Å². The summed E-state index contributed by atoms with van der Waals surface area (Å²) in [5, 5.41) is 9.95. The van der Waals surface area contributed by atoms with Gasteiger partial charge in [0.05, 0.1) is 12.7 Å². The van der Waals surface area contributed by atoms with E-state index >= 15 is 0 Å². The molecule has 2 aliphatic heterocycles. The fourth-order valence-electron chi connectivity index (χ4n) is 2.94. The van der Waals surface area contributed by atoms with Gasteiger partial charge in [-0.05, 0) is 38.6 Å². The number of aliphatic hydroxyl groups excluding tert-OH is 1. The average Bonchev–Trinajstić information content (AvgIpc) is 2.28. The molecule has 0 radical (unpaired) electrons. The summed E-state index contributed by atoms with van der Waals surface area (Å²) in [6.45, 7) is 8.31. The highest BCUT2D eigenvalue weighted by Gasteiger charge is 2.30. The van der Waals surface area contributed by atoms with E-state index in [9.17, 15) is 5.11 Å². The predicted molar refractivity (Wildman–Crippen MR) is 64.4 cm³/mol. The van der Waals surface area contributed by atoms with Crippen molar-refractivity contribution in [3.05, 3.63) is 0 Å². The molecule has 2 aliphatic rings. The molecule has 2 saturated heterocycles. The van der Waals surface area contributed by atoms with Crippen LogP contribution < -0.4 is 0 Å². The van der Waals surface area contributed by atoms with Crippen molar-refractivity contribution in [2.24, 2.45) is 11.8 Å². The first kappa shape index (κ1) is 12.3. The zero-order valence-electron chi connectivity index (χ0n) is 10.6. The Bertz CT molecular complexity index is 222. The molecule has 0 aromatic heterocycles. The maximum Gasteiger partial charge on any atom is 0.0624 e. The normalized spacial score (nSPS) is 42.2. The minimum Gasteiger partial charge on any atom is -0.393 e. The molecule has 94 valence electrons. The molecule has 3 heteroatoms. The topological polar surface area (TPSA) is 32.7 Å². The molecule has 16 heavy (non-hydrogen) atoms. The minimum atomic E-state index is -0.154. The van der Waals surface area contributed by atoms with Crippen LogP contribution in [0, 0.1) is 11.8 Å². The zero-order chi connectivity index (χ0) is 11.5. The highest BCUT2D eigenvalue weighted by Crippen LogP contribution is 2.25.